The lowest BCUT2D eigenvalue weighted by Crippen LogP contribution is -2.39. The first-order valence-electron chi connectivity index (χ1n) is 8.38. The molecule has 1 saturated heterocycles. The SMILES string of the molecule is Cc1cc(OCc2ccccc2)ccc1C(=O)NC1CCOCC1. The molecule has 2 aromatic carbocycles. The van der Waals surface area contributed by atoms with E-state index in [4.69, 9.17) is 9.47 Å². The Morgan fingerprint density at radius 2 is 1.92 bits per heavy atom. The molecule has 2 aromatic rings. The maximum absolute atomic E-state index is 12.4. The van der Waals surface area contributed by atoms with Crippen LogP contribution in [-0.4, -0.2) is 25.2 Å². The van der Waals surface area contributed by atoms with Gasteiger partial charge in [0.05, 0.1) is 0 Å². The average Bonchev–Trinajstić information content (AvgIpc) is 2.61. The number of benzene rings is 2. The van der Waals surface area contributed by atoms with Gasteiger partial charge in [0.25, 0.3) is 5.91 Å². The molecule has 0 unspecified atom stereocenters. The number of aryl methyl sites for hydroxylation is 1. The molecule has 24 heavy (non-hydrogen) atoms. The summed E-state index contributed by atoms with van der Waals surface area (Å²) in [6, 6.07) is 15.9. The Hall–Kier alpha value is -2.33. The van der Waals surface area contributed by atoms with Crippen molar-refractivity contribution in [1.82, 2.24) is 5.32 Å². The molecule has 1 heterocycles. The molecule has 0 spiro atoms. The van der Waals surface area contributed by atoms with Crippen molar-refractivity contribution in [3.63, 3.8) is 0 Å². The lowest BCUT2D eigenvalue weighted by atomic mass is 10.1. The first-order valence-corrected chi connectivity index (χ1v) is 8.38. The zero-order valence-corrected chi connectivity index (χ0v) is 14.0. The molecule has 0 saturated carbocycles. The molecule has 0 aliphatic carbocycles. The Kier molecular flexibility index (Phi) is 5.49. The molecule has 0 aromatic heterocycles. The standard InChI is InChI=1S/C20H23NO3/c1-15-13-18(24-14-16-5-3-2-4-6-16)7-8-19(15)20(22)21-17-9-11-23-12-10-17/h2-8,13,17H,9-12,14H2,1H3,(H,21,22). The first-order chi connectivity index (χ1) is 11.7. The van der Waals surface area contributed by atoms with Gasteiger partial charge in [-0.15, -0.1) is 0 Å². The van der Waals surface area contributed by atoms with Gasteiger partial charge in [-0.3, -0.25) is 4.79 Å². The van der Waals surface area contributed by atoms with Crippen LogP contribution in [0.2, 0.25) is 0 Å². The second-order valence-corrected chi connectivity index (χ2v) is 6.11. The van der Waals surface area contributed by atoms with Gasteiger partial charge in [0.15, 0.2) is 0 Å². The third kappa shape index (κ3) is 4.36. The number of nitrogens with one attached hydrogen (secondary N) is 1. The molecule has 3 rings (SSSR count). The summed E-state index contributed by atoms with van der Waals surface area (Å²) in [5.41, 5.74) is 2.75. The van der Waals surface area contributed by atoms with Crippen molar-refractivity contribution in [3.05, 3.63) is 65.2 Å². The van der Waals surface area contributed by atoms with Gasteiger partial charge in [-0.2, -0.15) is 0 Å². The Morgan fingerprint density at radius 1 is 1.17 bits per heavy atom. The molecule has 4 nitrogen and oxygen atoms in total. The van der Waals surface area contributed by atoms with Gasteiger partial charge in [0, 0.05) is 24.8 Å². The van der Waals surface area contributed by atoms with Crippen LogP contribution in [0.3, 0.4) is 0 Å². The minimum Gasteiger partial charge on any atom is -0.489 e. The molecule has 126 valence electrons. The zero-order valence-electron chi connectivity index (χ0n) is 14.0. The highest BCUT2D eigenvalue weighted by Crippen LogP contribution is 2.19. The van der Waals surface area contributed by atoms with Crippen molar-refractivity contribution in [3.8, 4) is 5.75 Å². The van der Waals surface area contributed by atoms with Crippen molar-refractivity contribution in [2.24, 2.45) is 0 Å². The zero-order chi connectivity index (χ0) is 16.8. The summed E-state index contributed by atoms with van der Waals surface area (Å²) < 4.78 is 11.1. The average molecular weight is 325 g/mol. The summed E-state index contributed by atoms with van der Waals surface area (Å²) in [4.78, 5) is 12.4. The quantitative estimate of drug-likeness (QED) is 0.915. The number of amides is 1. The Labute approximate surface area is 142 Å². The summed E-state index contributed by atoms with van der Waals surface area (Å²) in [7, 11) is 0. The fraction of sp³-hybridized carbons (Fsp3) is 0.350. The highest BCUT2D eigenvalue weighted by molar-refractivity contribution is 5.96. The minimum atomic E-state index is -0.0194. The number of carbonyl (C=O) groups is 1. The van der Waals surface area contributed by atoms with E-state index in [1.54, 1.807) is 0 Å². The van der Waals surface area contributed by atoms with Gasteiger partial charge >= 0.3 is 0 Å². The van der Waals surface area contributed by atoms with E-state index in [-0.39, 0.29) is 11.9 Å². The van der Waals surface area contributed by atoms with Gasteiger partial charge in [0.1, 0.15) is 12.4 Å². The van der Waals surface area contributed by atoms with Crippen LogP contribution in [0.25, 0.3) is 0 Å². The van der Waals surface area contributed by atoms with Gasteiger partial charge < -0.3 is 14.8 Å². The van der Waals surface area contributed by atoms with E-state index in [1.807, 2.05) is 55.5 Å². The predicted molar refractivity (Wildman–Crippen MR) is 93.3 cm³/mol. The molecule has 1 amide bonds. The highest BCUT2D eigenvalue weighted by atomic mass is 16.5. The number of rotatable bonds is 5. The first kappa shape index (κ1) is 16.5. The van der Waals surface area contributed by atoms with Crippen LogP contribution in [-0.2, 0) is 11.3 Å². The third-order valence-electron chi connectivity index (χ3n) is 4.25. The van der Waals surface area contributed by atoms with E-state index >= 15 is 0 Å². The van der Waals surface area contributed by atoms with Crippen LogP contribution in [0.5, 0.6) is 5.75 Å². The lowest BCUT2D eigenvalue weighted by Gasteiger charge is -2.23. The van der Waals surface area contributed by atoms with Gasteiger partial charge in [0.2, 0.25) is 0 Å². The van der Waals surface area contributed by atoms with Gasteiger partial charge in [-0.1, -0.05) is 30.3 Å². The fourth-order valence-corrected chi connectivity index (χ4v) is 2.83. The number of hydrogen-bond donors (Lipinski definition) is 1. The largest absolute Gasteiger partial charge is 0.489 e. The van der Waals surface area contributed by atoms with Crippen LogP contribution in [0.1, 0.15) is 34.3 Å². The van der Waals surface area contributed by atoms with Crippen molar-refractivity contribution in [1.29, 1.82) is 0 Å². The smallest absolute Gasteiger partial charge is 0.251 e. The summed E-state index contributed by atoms with van der Waals surface area (Å²) >= 11 is 0. The number of carbonyl (C=O) groups excluding carboxylic acids is 1. The molecule has 1 fully saturated rings. The molecule has 1 aliphatic heterocycles. The van der Waals surface area contributed by atoms with Crippen LogP contribution < -0.4 is 10.1 Å². The van der Waals surface area contributed by atoms with E-state index in [2.05, 4.69) is 5.32 Å². The summed E-state index contributed by atoms with van der Waals surface area (Å²) in [6.07, 6.45) is 1.76. The molecule has 0 atom stereocenters. The summed E-state index contributed by atoms with van der Waals surface area (Å²) in [6.45, 7) is 3.90. The fourth-order valence-electron chi connectivity index (χ4n) is 2.83. The molecule has 0 bridgehead atoms. The minimum absolute atomic E-state index is 0.0194. The van der Waals surface area contributed by atoms with Crippen molar-refractivity contribution >= 4 is 5.91 Å². The molecule has 4 heteroatoms. The number of ether oxygens (including phenoxy) is 2. The molecule has 0 radical (unpaired) electrons. The monoisotopic (exact) mass is 325 g/mol. The summed E-state index contributed by atoms with van der Waals surface area (Å²) in [5, 5.41) is 3.09. The maximum atomic E-state index is 12.4. The lowest BCUT2D eigenvalue weighted by molar-refractivity contribution is 0.0696. The molecule has 1 aliphatic rings. The molecular weight excluding hydrogens is 302 g/mol. The van der Waals surface area contributed by atoms with Crippen LogP contribution in [0.15, 0.2) is 48.5 Å². The van der Waals surface area contributed by atoms with E-state index in [9.17, 15) is 4.79 Å². The van der Waals surface area contributed by atoms with Crippen LogP contribution in [0, 0.1) is 6.92 Å². The van der Waals surface area contributed by atoms with Crippen molar-refractivity contribution in [2.75, 3.05) is 13.2 Å². The second-order valence-electron chi connectivity index (χ2n) is 6.11. The molecular formula is C20H23NO3. The van der Waals surface area contributed by atoms with Gasteiger partial charge in [-0.05, 0) is 49.1 Å². The Bertz CT molecular complexity index is 679. The van der Waals surface area contributed by atoms with Crippen LogP contribution in [0.4, 0.5) is 0 Å². The van der Waals surface area contributed by atoms with Gasteiger partial charge in [-0.25, -0.2) is 0 Å². The van der Waals surface area contributed by atoms with Crippen molar-refractivity contribution < 1.29 is 14.3 Å². The predicted octanol–water partition coefficient (Wildman–Crippen LogP) is 3.48. The van der Waals surface area contributed by atoms with E-state index in [1.165, 1.54) is 0 Å². The topological polar surface area (TPSA) is 47.6 Å². The van der Waals surface area contributed by atoms with Crippen molar-refractivity contribution in [2.45, 2.75) is 32.4 Å². The normalized spacial score (nSPS) is 15.0. The molecule has 1 N–H and O–H groups in total. The Morgan fingerprint density at radius 3 is 2.62 bits per heavy atom. The number of hydrogen-bond acceptors (Lipinski definition) is 3. The van der Waals surface area contributed by atoms with E-state index < -0.39 is 0 Å². The third-order valence-corrected chi connectivity index (χ3v) is 4.25. The summed E-state index contributed by atoms with van der Waals surface area (Å²) in [5.74, 6) is 0.757. The van der Waals surface area contributed by atoms with E-state index in [0.717, 1.165) is 42.9 Å². The second kappa shape index (κ2) is 7.97. The van der Waals surface area contributed by atoms with E-state index in [0.29, 0.717) is 12.2 Å². The van der Waals surface area contributed by atoms with Crippen LogP contribution >= 0.6 is 0 Å². The Balaban J connectivity index is 1.60. The maximum Gasteiger partial charge on any atom is 0.251 e. The highest BCUT2D eigenvalue weighted by Gasteiger charge is 2.18.